The molecule has 0 spiro atoms. The molecule has 0 aliphatic rings. The Balaban J connectivity index is 2.16. The minimum absolute atomic E-state index is 0.0565. The standard InChI is InChI=1S/C21H27ClN2O2S/c1-4-12-23(21(26)17(3)22)15-20(25)24(13-18-8-6-5-7-9-18)14-19-11-10-16(2)27-19/h5-11,17H,4,12-15H2,1-3H3/t17-/m0/s1. The molecule has 0 aliphatic carbocycles. The van der Waals surface area contributed by atoms with Gasteiger partial charge in [0.05, 0.1) is 13.1 Å². The second-order valence-electron chi connectivity index (χ2n) is 6.62. The average molecular weight is 407 g/mol. The van der Waals surface area contributed by atoms with E-state index in [1.807, 2.05) is 42.2 Å². The van der Waals surface area contributed by atoms with Gasteiger partial charge in [0.2, 0.25) is 11.8 Å². The van der Waals surface area contributed by atoms with Crippen LogP contribution in [0.5, 0.6) is 0 Å². The van der Waals surface area contributed by atoms with Gasteiger partial charge in [-0.25, -0.2) is 0 Å². The monoisotopic (exact) mass is 406 g/mol. The number of hydrogen-bond donors (Lipinski definition) is 0. The maximum absolute atomic E-state index is 13.1. The van der Waals surface area contributed by atoms with Crippen molar-refractivity contribution in [2.24, 2.45) is 0 Å². The molecule has 0 aliphatic heterocycles. The van der Waals surface area contributed by atoms with Crippen molar-refractivity contribution in [2.45, 2.75) is 45.7 Å². The van der Waals surface area contributed by atoms with Crippen LogP contribution < -0.4 is 0 Å². The number of carbonyl (C=O) groups excluding carboxylic acids is 2. The SMILES string of the molecule is CCCN(CC(=O)N(Cc1ccccc1)Cc1ccc(C)s1)C(=O)[C@H](C)Cl. The van der Waals surface area contributed by atoms with E-state index in [-0.39, 0.29) is 18.4 Å². The van der Waals surface area contributed by atoms with Gasteiger partial charge in [0, 0.05) is 22.8 Å². The van der Waals surface area contributed by atoms with Crippen molar-refractivity contribution >= 4 is 34.8 Å². The van der Waals surface area contributed by atoms with Crippen LogP contribution >= 0.6 is 22.9 Å². The van der Waals surface area contributed by atoms with Crippen molar-refractivity contribution < 1.29 is 9.59 Å². The Morgan fingerprint density at radius 1 is 1.07 bits per heavy atom. The van der Waals surface area contributed by atoms with Crippen molar-refractivity contribution in [3.8, 4) is 0 Å². The summed E-state index contributed by atoms with van der Waals surface area (Å²) in [6, 6.07) is 14.0. The summed E-state index contributed by atoms with van der Waals surface area (Å²) >= 11 is 7.66. The third-order valence-corrected chi connectivity index (χ3v) is 5.36. The summed E-state index contributed by atoms with van der Waals surface area (Å²) in [4.78, 5) is 31.1. The number of nitrogens with zero attached hydrogens (tertiary/aromatic N) is 2. The lowest BCUT2D eigenvalue weighted by molar-refractivity contribution is -0.141. The number of aryl methyl sites for hydroxylation is 1. The van der Waals surface area contributed by atoms with E-state index in [9.17, 15) is 9.59 Å². The highest BCUT2D eigenvalue weighted by Gasteiger charge is 2.24. The van der Waals surface area contributed by atoms with Gasteiger partial charge >= 0.3 is 0 Å². The zero-order valence-electron chi connectivity index (χ0n) is 16.2. The van der Waals surface area contributed by atoms with Crippen molar-refractivity contribution in [3.05, 3.63) is 57.8 Å². The highest BCUT2D eigenvalue weighted by atomic mass is 35.5. The van der Waals surface area contributed by atoms with E-state index in [2.05, 4.69) is 19.1 Å². The Morgan fingerprint density at radius 2 is 1.78 bits per heavy atom. The minimum atomic E-state index is -0.633. The fourth-order valence-corrected chi connectivity index (χ4v) is 3.89. The summed E-state index contributed by atoms with van der Waals surface area (Å²) in [5, 5.41) is -0.633. The molecule has 2 amide bonds. The summed E-state index contributed by atoms with van der Waals surface area (Å²) in [5.41, 5.74) is 1.07. The number of thiophene rings is 1. The van der Waals surface area contributed by atoms with Crippen LogP contribution in [0, 0.1) is 6.92 Å². The van der Waals surface area contributed by atoms with Crippen molar-refractivity contribution in [1.82, 2.24) is 9.80 Å². The van der Waals surface area contributed by atoms with Gasteiger partial charge in [-0.2, -0.15) is 0 Å². The molecule has 1 aromatic carbocycles. The van der Waals surface area contributed by atoms with E-state index in [1.165, 1.54) is 4.88 Å². The number of amides is 2. The maximum Gasteiger partial charge on any atom is 0.242 e. The Labute approximate surface area is 170 Å². The molecule has 0 saturated heterocycles. The first-order valence-electron chi connectivity index (χ1n) is 9.20. The van der Waals surface area contributed by atoms with E-state index < -0.39 is 5.38 Å². The van der Waals surface area contributed by atoms with Crippen LogP contribution in [0.15, 0.2) is 42.5 Å². The van der Waals surface area contributed by atoms with Crippen LogP contribution in [0.3, 0.4) is 0 Å². The molecule has 0 bridgehead atoms. The summed E-state index contributed by atoms with van der Waals surface area (Å²) in [7, 11) is 0. The maximum atomic E-state index is 13.1. The molecule has 2 aromatic rings. The Morgan fingerprint density at radius 3 is 2.33 bits per heavy atom. The molecule has 0 saturated carbocycles. The largest absolute Gasteiger partial charge is 0.332 e. The van der Waals surface area contributed by atoms with Crippen molar-refractivity contribution in [2.75, 3.05) is 13.1 Å². The highest BCUT2D eigenvalue weighted by Crippen LogP contribution is 2.19. The first kappa shape index (κ1) is 21.5. The fourth-order valence-electron chi connectivity index (χ4n) is 2.85. The van der Waals surface area contributed by atoms with E-state index in [0.29, 0.717) is 19.6 Å². The zero-order valence-corrected chi connectivity index (χ0v) is 17.7. The number of rotatable bonds is 9. The number of halogens is 1. The van der Waals surface area contributed by atoms with Crippen LogP contribution in [-0.2, 0) is 22.7 Å². The molecule has 0 unspecified atom stereocenters. The van der Waals surface area contributed by atoms with Crippen LogP contribution in [0.4, 0.5) is 0 Å². The van der Waals surface area contributed by atoms with Gasteiger partial charge < -0.3 is 9.80 Å². The van der Waals surface area contributed by atoms with Gasteiger partial charge in [-0.05, 0) is 38.0 Å². The van der Waals surface area contributed by atoms with Gasteiger partial charge in [-0.3, -0.25) is 9.59 Å². The second kappa shape index (κ2) is 10.5. The molecule has 0 N–H and O–H groups in total. The second-order valence-corrected chi connectivity index (χ2v) is 8.65. The third-order valence-electron chi connectivity index (χ3n) is 4.18. The Bertz CT molecular complexity index is 746. The fraction of sp³-hybridized carbons (Fsp3) is 0.429. The van der Waals surface area contributed by atoms with Crippen LogP contribution in [0.2, 0.25) is 0 Å². The molecule has 6 heteroatoms. The molecule has 1 atom stereocenters. The molecule has 1 aromatic heterocycles. The van der Waals surface area contributed by atoms with Gasteiger partial charge in [0.1, 0.15) is 5.38 Å². The highest BCUT2D eigenvalue weighted by molar-refractivity contribution is 7.11. The first-order valence-corrected chi connectivity index (χ1v) is 10.5. The summed E-state index contributed by atoms with van der Waals surface area (Å²) < 4.78 is 0. The normalized spacial score (nSPS) is 11.9. The quantitative estimate of drug-likeness (QED) is 0.577. The molecular weight excluding hydrogens is 380 g/mol. The smallest absolute Gasteiger partial charge is 0.242 e. The molecule has 27 heavy (non-hydrogen) atoms. The lowest BCUT2D eigenvalue weighted by Gasteiger charge is -2.28. The number of alkyl halides is 1. The summed E-state index contributed by atoms with van der Waals surface area (Å²) in [5.74, 6) is -0.262. The predicted molar refractivity (Wildman–Crippen MR) is 112 cm³/mol. The molecular formula is C21H27ClN2O2S. The zero-order chi connectivity index (χ0) is 19.8. The third kappa shape index (κ3) is 6.67. The van der Waals surface area contributed by atoms with E-state index >= 15 is 0 Å². The molecule has 4 nitrogen and oxygen atoms in total. The Hall–Kier alpha value is -1.85. The van der Waals surface area contributed by atoms with Gasteiger partial charge in [0.25, 0.3) is 0 Å². The van der Waals surface area contributed by atoms with Gasteiger partial charge in [0.15, 0.2) is 0 Å². The molecule has 0 fully saturated rings. The van der Waals surface area contributed by atoms with Crippen LogP contribution in [-0.4, -0.2) is 40.1 Å². The summed E-state index contributed by atoms with van der Waals surface area (Å²) in [6.07, 6.45) is 0.783. The lowest BCUT2D eigenvalue weighted by Crippen LogP contribution is -2.44. The lowest BCUT2D eigenvalue weighted by atomic mass is 10.2. The molecule has 2 rings (SSSR count). The average Bonchev–Trinajstić information content (AvgIpc) is 3.05. The Kier molecular flexibility index (Phi) is 8.32. The van der Waals surface area contributed by atoms with E-state index in [1.54, 1.807) is 23.2 Å². The number of hydrogen-bond acceptors (Lipinski definition) is 3. The predicted octanol–water partition coefficient (Wildman–Crippen LogP) is 4.45. The topological polar surface area (TPSA) is 40.6 Å². The molecule has 146 valence electrons. The van der Waals surface area contributed by atoms with Crippen LogP contribution in [0.1, 0.15) is 35.6 Å². The minimum Gasteiger partial charge on any atom is -0.332 e. The van der Waals surface area contributed by atoms with E-state index in [0.717, 1.165) is 16.9 Å². The molecule has 1 heterocycles. The number of benzene rings is 1. The van der Waals surface area contributed by atoms with Crippen molar-refractivity contribution in [1.29, 1.82) is 0 Å². The van der Waals surface area contributed by atoms with Crippen molar-refractivity contribution in [3.63, 3.8) is 0 Å². The first-order chi connectivity index (χ1) is 12.9. The van der Waals surface area contributed by atoms with Crippen LogP contribution in [0.25, 0.3) is 0 Å². The molecule has 0 radical (unpaired) electrons. The summed E-state index contributed by atoms with van der Waals surface area (Å²) in [6.45, 7) is 7.33. The van der Waals surface area contributed by atoms with E-state index in [4.69, 9.17) is 11.6 Å². The van der Waals surface area contributed by atoms with Gasteiger partial charge in [-0.15, -0.1) is 22.9 Å². The van der Waals surface area contributed by atoms with Gasteiger partial charge in [-0.1, -0.05) is 37.3 Å². The number of carbonyl (C=O) groups is 2.